The van der Waals surface area contributed by atoms with Crippen molar-refractivity contribution in [1.29, 1.82) is 0 Å². The van der Waals surface area contributed by atoms with Crippen molar-refractivity contribution in [2.75, 3.05) is 11.9 Å². The lowest BCUT2D eigenvalue weighted by molar-refractivity contribution is -0.118. The summed E-state index contributed by atoms with van der Waals surface area (Å²) in [6, 6.07) is 7.72. The van der Waals surface area contributed by atoms with Gasteiger partial charge in [0.1, 0.15) is 5.75 Å². The standard InChI is InChI=1S/C17H20N2O3S/c1-4-5-13-6-8-14(9-7-13)22-10-15(21)19-17-18-11(2)16(23-17)12(3)20/h6-9H,4-5,10H2,1-3H3,(H,18,19,21). The number of Topliss-reactive ketones (excluding diaryl/α,β-unsaturated/α-hetero) is 1. The molecule has 1 aromatic carbocycles. The van der Waals surface area contributed by atoms with E-state index in [1.165, 1.54) is 23.8 Å². The fraction of sp³-hybridized carbons (Fsp3) is 0.353. The molecule has 0 saturated heterocycles. The van der Waals surface area contributed by atoms with Crippen LogP contribution in [0.25, 0.3) is 0 Å². The second-order valence-corrected chi connectivity index (χ2v) is 6.22. The minimum Gasteiger partial charge on any atom is -0.484 e. The Bertz CT molecular complexity index is 692. The number of nitrogens with zero attached hydrogens (tertiary/aromatic N) is 1. The molecule has 2 aromatic rings. The number of ether oxygens (including phenoxy) is 1. The Kier molecular flexibility index (Phi) is 5.87. The molecule has 6 heteroatoms. The van der Waals surface area contributed by atoms with Crippen LogP contribution in [0.5, 0.6) is 5.75 Å². The average Bonchev–Trinajstić information content (AvgIpc) is 2.87. The van der Waals surface area contributed by atoms with Gasteiger partial charge in [0.25, 0.3) is 5.91 Å². The van der Waals surface area contributed by atoms with Gasteiger partial charge in [-0.15, -0.1) is 0 Å². The number of rotatable bonds is 7. The van der Waals surface area contributed by atoms with Crippen molar-refractivity contribution in [2.45, 2.75) is 33.6 Å². The molecule has 5 nitrogen and oxygen atoms in total. The summed E-state index contributed by atoms with van der Waals surface area (Å²) in [4.78, 5) is 28.0. The van der Waals surface area contributed by atoms with Gasteiger partial charge in [-0.3, -0.25) is 14.9 Å². The van der Waals surface area contributed by atoms with E-state index in [4.69, 9.17) is 4.74 Å². The third kappa shape index (κ3) is 4.89. The lowest BCUT2D eigenvalue weighted by Gasteiger charge is -2.06. The maximum Gasteiger partial charge on any atom is 0.264 e. The highest BCUT2D eigenvalue weighted by molar-refractivity contribution is 7.17. The number of anilines is 1. The van der Waals surface area contributed by atoms with Gasteiger partial charge in [0.05, 0.1) is 10.6 Å². The van der Waals surface area contributed by atoms with Gasteiger partial charge < -0.3 is 4.74 Å². The number of amides is 1. The highest BCUT2D eigenvalue weighted by Crippen LogP contribution is 2.22. The number of nitrogens with one attached hydrogen (secondary N) is 1. The van der Waals surface area contributed by atoms with Gasteiger partial charge in [-0.05, 0) is 31.0 Å². The SMILES string of the molecule is CCCc1ccc(OCC(=O)Nc2nc(C)c(C(C)=O)s2)cc1. The van der Waals surface area contributed by atoms with Crippen LogP contribution in [0.3, 0.4) is 0 Å². The molecule has 2 rings (SSSR count). The molecule has 0 radical (unpaired) electrons. The quantitative estimate of drug-likeness (QED) is 0.786. The molecule has 0 aliphatic heterocycles. The molecule has 0 aliphatic carbocycles. The fourth-order valence-corrected chi connectivity index (χ4v) is 3.00. The molecule has 1 amide bonds. The number of aromatic nitrogens is 1. The van der Waals surface area contributed by atoms with E-state index in [-0.39, 0.29) is 18.3 Å². The number of aryl methyl sites for hydroxylation is 2. The molecule has 1 aromatic heterocycles. The van der Waals surface area contributed by atoms with E-state index in [1.54, 1.807) is 6.92 Å². The molecule has 0 fully saturated rings. The molecule has 0 atom stereocenters. The molecular weight excluding hydrogens is 312 g/mol. The zero-order valence-electron chi connectivity index (χ0n) is 13.5. The van der Waals surface area contributed by atoms with E-state index in [9.17, 15) is 9.59 Å². The van der Waals surface area contributed by atoms with Gasteiger partial charge in [-0.25, -0.2) is 4.98 Å². The van der Waals surface area contributed by atoms with Gasteiger partial charge >= 0.3 is 0 Å². The smallest absolute Gasteiger partial charge is 0.264 e. The Labute approximate surface area is 139 Å². The first-order chi connectivity index (χ1) is 11.0. The van der Waals surface area contributed by atoms with Crippen LogP contribution in [-0.4, -0.2) is 23.3 Å². The Hall–Kier alpha value is -2.21. The average molecular weight is 332 g/mol. The Morgan fingerprint density at radius 3 is 2.52 bits per heavy atom. The molecule has 1 N–H and O–H groups in total. The number of carbonyl (C=O) groups excluding carboxylic acids is 2. The minimum absolute atomic E-state index is 0.0519. The Morgan fingerprint density at radius 2 is 1.96 bits per heavy atom. The number of carbonyl (C=O) groups is 2. The van der Waals surface area contributed by atoms with Crippen LogP contribution >= 0.6 is 11.3 Å². The molecule has 23 heavy (non-hydrogen) atoms. The van der Waals surface area contributed by atoms with E-state index in [0.29, 0.717) is 21.5 Å². The maximum atomic E-state index is 11.9. The van der Waals surface area contributed by atoms with E-state index >= 15 is 0 Å². The minimum atomic E-state index is -0.300. The van der Waals surface area contributed by atoms with Crippen LogP contribution in [0.15, 0.2) is 24.3 Å². The summed E-state index contributed by atoms with van der Waals surface area (Å²) in [6.07, 6.45) is 2.13. The van der Waals surface area contributed by atoms with Crippen molar-refractivity contribution < 1.29 is 14.3 Å². The lowest BCUT2D eigenvalue weighted by atomic mass is 10.1. The van der Waals surface area contributed by atoms with Crippen molar-refractivity contribution in [1.82, 2.24) is 4.98 Å². The van der Waals surface area contributed by atoms with Crippen molar-refractivity contribution in [2.24, 2.45) is 0 Å². The number of hydrogen-bond donors (Lipinski definition) is 1. The highest BCUT2D eigenvalue weighted by atomic mass is 32.1. The summed E-state index contributed by atoms with van der Waals surface area (Å²) in [5.41, 5.74) is 1.88. The summed E-state index contributed by atoms with van der Waals surface area (Å²) in [7, 11) is 0. The lowest BCUT2D eigenvalue weighted by Crippen LogP contribution is -2.20. The second-order valence-electron chi connectivity index (χ2n) is 5.22. The van der Waals surface area contributed by atoms with Crippen molar-refractivity contribution >= 4 is 28.2 Å². The molecule has 0 unspecified atom stereocenters. The first-order valence-electron chi connectivity index (χ1n) is 7.49. The van der Waals surface area contributed by atoms with Crippen LogP contribution in [0.1, 0.15) is 41.2 Å². The van der Waals surface area contributed by atoms with E-state index in [2.05, 4.69) is 17.2 Å². The van der Waals surface area contributed by atoms with Gasteiger partial charge in [-0.1, -0.05) is 36.8 Å². The first-order valence-corrected chi connectivity index (χ1v) is 8.31. The van der Waals surface area contributed by atoms with Gasteiger partial charge in [0.15, 0.2) is 17.5 Å². The predicted molar refractivity (Wildman–Crippen MR) is 91.4 cm³/mol. The fourth-order valence-electron chi connectivity index (χ4n) is 2.12. The summed E-state index contributed by atoms with van der Waals surface area (Å²) in [6.45, 7) is 5.27. The zero-order valence-corrected chi connectivity index (χ0v) is 14.3. The van der Waals surface area contributed by atoms with Gasteiger partial charge in [0, 0.05) is 6.92 Å². The van der Waals surface area contributed by atoms with Gasteiger partial charge in [0.2, 0.25) is 0 Å². The third-order valence-corrected chi connectivity index (χ3v) is 4.37. The number of benzene rings is 1. The van der Waals surface area contributed by atoms with Crippen LogP contribution in [0.4, 0.5) is 5.13 Å². The number of thiazole rings is 1. The second kappa shape index (κ2) is 7.87. The number of ketones is 1. The van der Waals surface area contributed by atoms with Crippen molar-refractivity contribution in [3.05, 3.63) is 40.4 Å². The Balaban J connectivity index is 1.87. The molecule has 0 aliphatic rings. The largest absolute Gasteiger partial charge is 0.484 e. The molecule has 0 spiro atoms. The van der Waals surface area contributed by atoms with E-state index in [0.717, 1.165) is 12.8 Å². The summed E-state index contributed by atoms with van der Waals surface area (Å²) in [5.74, 6) is 0.301. The predicted octanol–water partition coefficient (Wildman–Crippen LogP) is 3.62. The zero-order chi connectivity index (χ0) is 16.8. The van der Waals surface area contributed by atoms with Crippen LogP contribution in [-0.2, 0) is 11.2 Å². The maximum absolute atomic E-state index is 11.9. The van der Waals surface area contributed by atoms with Crippen molar-refractivity contribution in [3.8, 4) is 5.75 Å². The van der Waals surface area contributed by atoms with Crippen LogP contribution in [0, 0.1) is 6.92 Å². The normalized spacial score (nSPS) is 10.4. The summed E-state index contributed by atoms with van der Waals surface area (Å²) < 4.78 is 5.46. The third-order valence-electron chi connectivity index (χ3n) is 3.19. The highest BCUT2D eigenvalue weighted by Gasteiger charge is 2.13. The number of hydrogen-bond acceptors (Lipinski definition) is 5. The summed E-state index contributed by atoms with van der Waals surface area (Å²) >= 11 is 1.18. The molecule has 0 saturated carbocycles. The first kappa shape index (κ1) is 17.1. The summed E-state index contributed by atoms with van der Waals surface area (Å²) in [5, 5.41) is 3.07. The monoisotopic (exact) mass is 332 g/mol. The molecule has 1 heterocycles. The Morgan fingerprint density at radius 1 is 1.26 bits per heavy atom. The van der Waals surface area contributed by atoms with Crippen LogP contribution < -0.4 is 10.1 Å². The van der Waals surface area contributed by atoms with Crippen LogP contribution in [0.2, 0.25) is 0 Å². The molecule has 122 valence electrons. The van der Waals surface area contributed by atoms with Gasteiger partial charge in [-0.2, -0.15) is 0 Å². The molecule has 0 bridgehead atoms. The topological polar surface area (TPSA) is 68.3 Å². The van der Waals surface area contributed by atoms with Crippen molar-refractivity contribution in [3.63, 3.8) is 0 Å². The molecular formula is C17H20N2O3S. The van der Waals surface area contributed by atoms with E-state index < -0.39 is 0 Å². The van der Waals surface area contributed by atoms with E-state index in [1.807, 2.05) is 24.3 Å².